The SMILES string of the molecule is COc1cc(C(=O)NNC(=O)Nc2ccc(C)cc2)cc(OC)c1OC. The van der Waals surface area contributed by atoms with E-state index in [0.717, 1.165) is 5.56 Å². The van der Waals surface area contributed by atoms with E-state index in [1.165, 1.54) is 33.5 Å². The molecule has 0 fully saturated rings. The van der Waals surface area contributed by atoms with Crippen molar-refractivity contribution < 1.29 is 23.8 Å². The standard InChI is InChI=1S/C18H21N3O5/c1-11-5-7-13(8-6-11)19-18(23)21-20-17(22)12-9-14(24-2)16(26-4)15(10-12)25-3/h5-10H,1-4H3,(H,20,22)(H2,19,21,23). The molecule has 2 aromatic carbocycles. The third-order valence-corrected chi connectivity index (χ3v) is 3.53. The van der Waals surface area contributed by atoms with Crippen LogP contribution in [0, 0.1) is 6.92 Å². The zero-order valence-electron chi connectivity index (χ0n) is 15.0. The molecule has 0 bridgehead atoms. The van der Waals surface area contributed by atoms with Gasteiger partial charge in [-0.25, -0.2) is 10.2 Å². The molecule has 8 nitrogen and oxygen atoms in total. The molecule has 8 heteroatoms. The van der Waals surface area contributed by atoms with Gasteiger partial charge in [-0.2, -0.15) is 0 Å². The lowest BCUT2D eigenvalue weighted by atomic mass is 10.1. The summed E-state index contributed by atoms with van der Waals surface area (Å²) in [5.74, 6) is 0.502. The van der Waals surface area contributed by atoms with Crippen molar-refractivity contribution in [2.24, 2.45) is 0 Å². The molecule has 0 saturated heterocycles. The molecular formula is C18H21N3O5. The van der Waals surface area contributed by atoms with E-state index in [2.05, 4.69) is 16.2 Å². The van der Waals surface area contributed by atoms with Gasteiger partial charge in [-0.05, 0) is 31.2 Å². The smallest absolute Gasteiger partial charge is 0.337 e. The highest BCUT2D eigenvalue weighted by Crippen LogP contribution is 2.38. The Morgan fingerprint density at radius 1 is 0.846 bits per heavy atom. The molecule has 0 aliphatic carbocycles. The minimum Gasteiger partial charge on any atom is -0.493 e. The maximum Gasteiger partial charge on any atom is 0.337 e. The summed E-state index contributed by atoms with van der Waals surface area (Å²) in [6.45, 7) is 1.95. The minimum absolute atomic E-state index is 0.232. The molecule has 0 atom stereocenters. The molecule has 26 heavy (non-hydrogen) atoms. The zero-order chi connectivity index (χ0) is 19.1. The Morgan fingerprint density at radius 3 is 1.92 bits per heavy atom. The number of anilines is 1. The molecule has 0 aromatic heterocycles. The third kappa shape index (κ3) is 4.56. The van der Waals surface area contributed by atoms with Crippen LogP contribution in [0.4, 0.5) is 10.5 Å². The van der Waals surface area contributed by atoms with Gasteiger partial charge < -0.3 is 19.5 Å². The Bertz CT molecular complexity index is 765. The second-order valence-electron chi connectivity index (χ2n) is 5.31. The highest BCUT2D eigenvalue weighted by molar-refractivity contribution is 5.98. The fourth-order valence-corrected chi connectivity index (χ4v) is 2.20. The van der Waals surface area contributed by atoms with Crippen molar-refractivity contribution in [2.45, 2.75) is 6.92 Å². The summed E-state index contributed by atoms with van der Waals surface area (Å²) < 4.78 is 15.6. The molecule has 2 rings (SSSR count). The van der Waals surface area contributed by atoms with Gasteiger partial charge in [0.15, 0.2) is 11.5 Å². The Labute approximate surface area is 151 Å². The van der Waals surface area contributed by atoms with Crippen LogP contribution in [0.1, 0.15) is 15.9 Å². The van der Waals surface area contributed by atoms with E-state index in [1.54, 1.807) is 12.1 Å². The van der Waals surface area contributed by atoms with E-state index in [9.17, 15) is 9.59 Å². The van der Waals surface area contributed by atoms with E-state index >= 15 is 0 Å². The van der Waals surface area contributed by atoms with Crippen molar-refractivity contribution in [2.75, 3.05) is 26.6 Å². The van der Waals surface area contributed by atoms with Gasteiger partial charge in [0, 0.05) is 11.3 Å². The number of carbonyl (C=O) groups excluding carboxylic acids is 2. The lowest BCUT2D eigenvalue weighted by Gasteiger charge is -2.14. The summed E-state index contributed by atoms with van der Waals surface area (Å²) in [5, 5.41) is 2.61. The molecule has 0 spiro atoms. The van der Waals surface area contributed by atoms with E-state index in [-0.39, 0.29) is 5.56 Å². The molecule has 2 aromatic rings. The molecule has 0 unspecified atom stereocenters. The van der Waals surface area contributed by atoms with E-state index in [4.69, 9.17) is 14.2 Å². The zero-order valence-corrected chi connectivity index (χ0v) is 15.0. The number of amides is 3. The number of urea groups is 1. The second-order valence-corrected chi connectivity index (χ2v) is 5.31. The molecule has 138 valence electrons. The monoisotopic (exact) mass is 359 g/mol. The molecule has 0 saturated carbocycles. The first-order chi connectivity index (χ1) is 12.5. The van der Waals surface area contributed by atoms with E-state index in [0.29, 0.717) is 22.9 Å². The summed E-state index contributed by atoms with van der Waals surface area (Å²) in [5.41, 5.74) is 6.52. The molecule has 0 aliphatic heterocycles. The van der Waals surface area contributed by atoms with Crippen molar-refractivity contribution in [1.29, 1.82) is 0 Å². The Balaban J connectivity index is 2.03. The molecule has 3 N–H and O–H groups in total. The van der Waals surface area contributed by atoms with Crippen LogP contribution in [0.25, 0.3) is 0 Å². The van der Waals surface area contributed by atoms with Gasteiger partial charge in [0.1, 0.15) is 0 Å². The summed E-state index contributed by atoms with van der Waals surface area (Å²) in [7, 11) is 4.37. The van der Waals surface area contributed by atoms with Gasteiger partial charge in [0.25, 0.3) is 5.91 Å². The number of benzene rings is 2. The number of ether oxygens (including phenoxy) is 3. The Morgan fingerprint density at radius 2 is 1.42 bits per heavy atom. The summed E-state index contributed by atoms with van der Waals surface area (Å²) >= 11 is 0. The average Bonchev–Trinajstić information content (AvgIpc) is 2.66. The molecular weight excluding hydrogens is 338 g/mol. The number of rotatable bonds is 5. The minimum atomic E-state index is -0.574. The van der Waals surface area contributed by atoms with Gasteiger partial charge in [0.05, 0.1) is 21.3 Å². The van der Waals surface area contributed by atoms with Crippen molar-refractivity contribution in [3.8, 4) is 17.2 Å². The lowest BCUT2D eigenvalue weighted by molar-refractivity contribution is 0.0937. The number of nitrogens with one attached hydrogen (secondary N) is 3. The lowest BCUT2D eigenvalue weighted by Crippen LogP contribution is -2.43. The highest BCUT2D eigenvalue weighted by atomic mass is 16.5. The quantitative estimate of drug-likeness (QED) is 0.713. The fourth-order valence-electron chi connectivity index (χ4n) is 2.20. The van der Waals surface area contributed by atoms with Crippen LogP contribution in [0.3, 0.4) is 0 Å². The summed E-state index contributed by atoms with van der Waals surface area (Å²) in [4.78, 5) is 24.2. The number of methoxy groups -OCH3 is 3. The Hall–Kier alpha value is -3.42. The van der Waals surface area contributed by atoms with Crippen molar-refractivity contribution >= 4 is 17.6 Å². The van der Waals surface area contributed by atoms with Gasteiger partial charge in [-0.3, -0.25) is 10.2 Å². The first-order valence-electron chi connectivity index (χ1n) is 7.72. The first kappa shape index (κ1) is 18.9. The maximum absolute atomic E-state index is 12.3. The topological polar surface area (TPSA) is 97.9 Å². The Kier molecular flexibility index (Phi) is 6.26. The van der Waals surface area contributed by atoms with Crippen LogP contribution in [0.2, 0.25) is 0 Å². The predicted molar refractivity (Wildman–Crippen MR) is 96.9 cm³/mol. The van der Waals surface area contributed by atoms with Gasteiger partial charge in [-0.15, -0.1) is 0 Å². The van der Waals surface area contributed by atoms with Crippen LogP contribution in [-0.4, -0.2) is 33.3 Å². The largest absolute Gasteiger partial charge is 0.493 e. The number of hydrazine groups is 1. The summed E-state index contributed by atoms with van der Waals surface area (Å²) in [6.07, 6.45) is 0. The van der Waals surface area contributed by atoms with E-state index < -0.39 is 11.9 Å². The van der Waals surface area contributed by atoms with Crippen LogP contribution in [0.5, 0.6) is 17.2 Å². The number of hydrogen-bond acceptors (Lipinski definition) is 5. The van der Waals surface area contributed by atoms with Crippen LogP contribution in [0.15, 0.2) is 36.4 Å². The van der Waals surface area contributed by atoms with Crippen molar-refractivity contribution in [3.63, 3.8) is 0 Å². The molecule has 0 heterocycles. The molecule has 3 amide bonds. The van der Waals surface area contributed by atoms with Gasteiger partial charge in [0.2, 0.25) is 5.75 Å². The fraction of sp³-hybridized carbons (Fsp3) is 0.222. The van der Waals surface area contributed by atoms with Gasteiger partial charge in [-0.1, -0.05) is 17.7 Å². The predicted octanol–water partition coefficient (Wildman–Crippen LogP) is 2.49. The van der Waals surface area contributed by atoms with E-state index in [1.807, 2.05) is 19.1 Å². The van der Waals surface area contributed by atoms with Crippen molar-refractivity contribution in [3.05, 3.63) is 47.5 Å². The molecule has 0 aliphatic rings. The molecule has 0 radical (unpaired) electrons. The maximum atomic E-state index is 12.3. The van der Waals surface area contributed by atoms with Crippen molar-refractivity contribution in [1.82, 2.24) is 10.9 Å². The highest BCUT2D eigenvalue weighted by Gasteiger charge is 2.17. The summed E-state index contributed by atoms with van der Waals surface area (Å²) in [6, 6.07) is 9.64. The van der Waals surface area contributed by atoms with Gasteiger partial charge >= 0.3 is 6.03 Å². The number of aryl methyl sites for hydroxylation is 1. The number of carbonyl (C=O) groups is 2. The number of hydrogen-bond donors (Lipinski definition) is 3. The first-order valence-corrected chi connectivity index (χ1v) is 7.72. The van der Waals surface area contributed by atoms with Crippen LogP contribution >= 0.6 is 0 Å². The third-order valence-electron chi connectivity index (χ3n) is 3.53. The van der Waals surface area contributed by atoms with Crippen LogP contribution < -0.4 is 30.4 Å². The average molecular weight is 359 g/mol. The normalized spacial score (nSPS) is 9.85. The van der Waals surface area contributed by atoms with Crippen LogP contribution in [-0.2, 0) is 0 Å². The second kappa shape index (κ2) is 8.61.